The summed E-state index contributed by atoms with van der Waals surface area (Å²) in [7, 11) is 1.50. The minimum absolute atomic E-state index is 0.0378. The van der Waals surface area contributed by atoms with Crippen molar-refractivity contribution in [2.45, 2.75) is 19.0 Å². The number of halogens is 3. The van der Waals surface area contributed by atoms with E-state index in [2.05, 4.69) is 10.6 Å². The number of carbonyl (C=O) groups excluding carboxylic acids is 3. The number of nitrogens with zero attached hydrogens (tertiary/aromatic N) is 2. The molecule has 1 unspecified atom stereocenters. The Morgan fingerprint density at radius 2 is 1.81 bits per heavy atom. The van der Waals surface area contributed by atoms with Gasteiger partial charge in [-0.15, -0.1) is 0 Å². The predicted octanol–water partition coefficient (Wildman–Crippen LogP) is 6.46. The molecule has 11 heteroatoms. The van der Waals surface area contributed by atoms with Crippen molar-refractivity contribution >= 4 is 57.5 Å². The lowest BCUT2D eigenvalue weighted by Crippen LogP contribution is -2.45. The number of hydrogen-bond donors (Lipinski definition) is 2. The molecule has 1 heterocycles. The Bertz CT molecular complexity index is 1660. The first kappa shape index (κ1) is 29.2. The summed E-state index contributed by atoms with van der Waals surface area (Å²) in [5.74, 6) is -1.52. The van der Waals surface area contributed by atoms with Crippen molar-refractivity contribution in [1.82, 2.24) is 15.1 Å². The summed E-state index contributed by atoms with van der Waals surface area (Å²) in [6, 6.07) is 21.6. The van der Waals surface area contributed by atoms with Crippen molar-refractivity contribution in [2.75, 3.05) is 25.5 Å². The highest BCUT2D eigenvalue weighted by Crippen LogP contribution is 2.31. The van der Waals surface area contributed by atoms with E-state index in [9.17, 15) is 18.8 Å². The summed E-state index contributed by atoms with van der Waals surface area (Å²) in [5.41, 5.74) is 1.24. The van der Waals surface area contributed by atoms with Gasteiger partial charge in [-0.3, -0.25) is 9.59 Å². The summed E-state index contributed by atoms with van der Waals surface area (Å²) in [6.07, 6.45) is 0.512. The molecule has 8 nitrogen and oxygen atoms in total. The SMILES string of the molecule is CN(Cc1ccc(Cl)cc1Oc1ccc(Cl)c(F)c1)C(=O)C(=O)N1CCC(NC(=O)Nc2cccc3ccccc23)C1. The van der Waals surface area contributed by atoms with Gasteiger partial charge in [0.2, 0.25) is 0 Å². The highest BCUT2D eigenvalue weighted by molar-refractivity contribution is 6.35. The third-order valence-electron chi connectivity index (χ3n) is 6.93. The van der Waals surface area contributed by atoms with Crippen molar-refractivity contribution in [2.24, 2.45) is 0 Å². The maximum absolute atomic E-state index is 13.9. The quantitative estimate of drug-likeness (QED) is 0.246. The van der Waals surface area contributed by atoms with E-state index in [0.29, 0.717) is 35.0 Å². The lowest BCUT2D eigenvalue weighted by atomic mass is 10.1. The Morgan fingerprint density at radius 3 is 2.62 bits per heavy atom. The molecule has 0 aliphatic carbocycles. The van der Waals surface area contributed by atoms with Crippen molar-refractivity contribution in [3.05, 3.63) is 100 Å². The molecule has 0 spiro atoms. The number of fused-ring (bicyclic) bond motifs is 1. The molecule has 4 aromatic rings. The molecule has 4 aromatic carbocycles. The fraction of sp³-hybridized carbons (Fsp3) is 0.194. The predicted molar refractivity (Wildman–Crippen MR) is 160 cm³/mol. The zero-order valence-corrected chi connectivity index (χ0v) is 24.1. The first-order valence-corrected chi connectivity index (χ1v) is 13.9. The molecule has 42 heavy (non-hydrogen) atoms. The normalized spacial score (nSPS) is 14.5. The van der Waals surface area contributed by atoms with Crippen LogP contribution >= 0.6 is 23.2 Å². The molecule has 1 atom stereocenters. The van der Waals surface area contributed by atoms with Crippen LogP contribution in [0.1, 0.15) is 12.0 Å². The summed E-state index contributed by atoms with van der Waals surface area (Å²) < 4.78 is 19.7. The number of benzene rings is 4. The second-order valence-corrected chi connectivity index (χ2v) is 10.8. The molecule has 1 fully saturated rings. The van der Waals surface area contributed by atoms with E-state index in [1.54, 1.807) is 18.2 Å². The molecule has 2 N–H and O–H groups in total. The van der Waals surface area contributed by atoms with Gasteiger partial charge in [0.15, 0.2) is 0 Å². The summed E-state index contributed by atoms with van der Waals surface area (Å²) in [4.78, 5) is 41.5. The van der Waals surface area contributed by atoms with E-state index in [1.165, 1.54) is 29.0 Å². The highest BCUT2D eigenvalue weighted by atomic mass is 35.5. The van der Waals surface area contributed by atoms with Crippen molar-refractivity contribution < 1.29 is 23.5 Å². The van der Waals surface area contributed by atoms with Gasteiger partial charge in [-0.1, -0.05) is 65.7 Å². The monoisotopic (exact) mass is 608 g/mol. The maximum Gasteiger partial charge on any atom is 0.319 e. The standard InChI is InChI=1S/C31H27Cl2FN4O4/c1-37(17-20-9-10-21(32)15-28(20)42-23-11-12-25(33)26(34)16-23)29(39)30(40)38-14-13-22(18-38)35-31(41)36-27-8-4-6-19-5-2-3-7-24(19)27/h2-12,15-16,22H,13-14,17-18H2,1H3,(H2,35,36,41). The number of amides is 4. The second kappa shape index (κ2) is 12.7. The molecule has 5 rings (SSSR count). The smallest absolute Gasteiger partial charge is 0.319 e. The van der Waals surface area contributed by atoms with Crippen LogP contribution in [0.3, 0.4) is 0 Å². The third kappa shape index (κ3) is 6.75. The Balaban J connectivity index is 1.17. The number of likely N-dealkylation sites (N-methyl/N-ethyl adjacent to an activating group) is 1. The molecule has 0 radical (unpaired) electrons. The second-order valence-electron chi connectivity index (χ2n) is 9.95. The minimum atomic E-state index is -0.714. The first-order valence-electron chi connectivity index (χ1n) is 13.2. The van der Waals surface area contributed by atoms with Gasteiger partial charge in [0.25, 0.3) is 0 Å². The van der Waals surface area contributed by atoms with Crippen LogP contribution in [0.5, 0.6) is 11.5 Å². The number of carbonyl (C=O) groups is 3. The Labute approximate surface area is 251 Å². The van der Waals surface area contributed by atoms with E-state index < -0.39 is 17.6 Å². The number of nitrogens with one attached hydrogen (secondary N) is 2. The van der Waals surface area contributed by atoms with Crippen LogP contribution in [-0.4, -0.2) is 53.8 Å². The Hall–Kier alpha value is -4.34. The fourth-order valence-electron chi connectivity index (χ4n) is 4.79. The highest BCUT2D eigenvalue weighted by Gasteiger charge is 2.32. The van der Waals surface area contributed by atoms with Gasteiger partial charge in [-0.2, -0.15) is 0 Å². The van der Waals surface area contributed by atoms with Gasteiger partial charge in [-0.05, 0) is 42.1 Å². The van der Waals surface area contributed by atoms with E-state index in [0.717, 1.165) is 16.8 Å². The molecule has 0 bridgehead atoms. The number of hydrogen-bond acceptors (Lipinski definition) is 4. The largest absolute Gasteiger partial charge is 0.457 e. The fourth-order valence-corrected chi connectivity index (χ4v) is 5.07. The number of urea groups is 1. The van der Waals surface area contributed by atoms with Gasteiger partial charge in [0.1, 0.15) is 17.3 Å². The van der Waals surface area contributed by atoms with Crippen molar-refractivity contribution in [1.29, 1.82) is 0 Å². The van der Waals surface area contributed by atoms with E-state index in [-0.39, 0.29) is 35.9 Å². The molecule has 1 saturated heterocycles. The average molecular weight is 609 g/mol. The van der Waals surface area contributed by atoms with Gasteiger partial charge >= 0.3 is 17.8 Å². The molecule has 1 aliphatic rings. The summed E-state index contributed by atoms with van der Waals surface area (Å²) in [6.45, 7) is 0.573. The zero-order valence-electron chi connectivity index (χ0n) is 22.6. The Morgan fingerprint density at radius 1 is 1.02 bits per heavy atom. The topological polar surface area (TPSA) is 91.0 Å². The molecule has 216 valence electrons. The lowest BCUT2D eigenvalue weighted by molar-refractivity contribution is -0.150. The van der Waals surface area contributed by atoms with Gasteiger partial charge < -0.3 is 25.2 Å². The van der Waals surface area contributed by atoms with Crippen LogP contribution in [0.15, 0.2) is 78.9 Å². The van der Waals surface area contributed by atoms with Gasteiger partial charge in [-0.25, -0.2) is 9.18 Å². The van der Waals surface area contributed by atoms with Crippen LogP contribution in [0.25, 0.3) is 10.8 Å². The van der Waals surface area contributed by atoms with Gasteiger partial charge in [0, 0.05) is 54.8 Å². The van der Waals surface area contributed by atoms with Crippen LogP contribution in [0.4, 0.5) is 14.9 Å². The zero-order chi connectivity index (χ0) is 29.8. The van der Waals surface area contributed by atoms with Crippen LogP contribution < -0.4 is 15.4 Å². The van der Waals surface area contributed by atoms with Crippen LogP contribution in [0, 0.1) is 5.82 Å². The number of rotatable bonds is 6. The summed E-state index contributed by atoms with van der Waals surface area (Å²) in [5, 5.41) is 8.04. The molecule has 0 aromatic heterocycles. The molecular weight excluding hydrogens is 582 g/mol. The maximum atomic E-state index is 13.9. The van der Waals surface area contributed by atoms with Crippen LogP contribution in [-0.2, 0) is 16.1 Å². The lowest BCUT2D eigenvalue weighted by Gasteiger charge is -2.22. The first-order chi connectivity index (χ1) is 20.2. The van der Waals surface area contributed by atoms with Crippen LogP contribution in [0.2, 0.25) is 10.0 Å². The number of ether oxygens (including phenoxy) is 1. The third-order valence-corrected chi connectivity index (χ3v) is 7.48. The van der Waals surface area contributed by atoms with E-state index in [1.807, 2.05) is 42.5 Å². The molecule has 1 aliphatic heterocycles. The molecule has 4 amide bonds. The number of likely N-dealkylation sites (tertiary alicyclic amines) is 1. The summed E-state index contributed by atoms with van der Waals surface area (Å²) >= 11 is 11.9. The van der Waals surface area contributed by atoms with Crippen molar-refractivity contribution in [3.8, 4) is 11.5 Å². The average Bonchev–Trinajstić information content (AvgIpc) is 3.44. The van der Waals surface area contributed by atoms with Crippen molar-refractivity contribution in [3.63, 3.8) is 0 Å². The van der Waals surface area contributed by atoms with E-state index >= 15 is 0 Å². The molecular formula is C31H27Cl2FN4O4. The van der Waals surface area contributed by atoms with Gasteiger partial charge in [0.05, 0.1) is 10.7 Å². The number of anilines is 1. The van der Waals surface area contributed by atoms with E-state index in [4.69, 9.17) is 27.9 Å². The molecule has 0 saturated carbocycles. The Kier molecular flexibility index (Phi) is 8.80. The minimum Gasteiger partial charge on any atom is -0.457 e.